The van der Waals surface area contributed by atoms with Crippen molar-refractivity contribution in [3.63, 3.8) is 0 Å². The molecule has 4 nitrogen and oxygen atoms in total. The molecular weight excluding hydrogens is 279 g/mol. The number of hydrazone groups is 1. The molecule has 1 aromatic rings. The van der Waals surface area contributed by atoms with Crippen molar-refractivity contribution in [1.29, 1.82) is 0 Å². The van der Waals surface area contributed by atoms with E-state index in [0.29, 0.717) is 0 Å². The van der Waals surface area contributed by atoms with Crippen LogP contribution in [0, 0.1) is 0 Å². The number of nitrogens with zero attached hydrogens (tertiary/aromatic N) is 2. The molecule has 2 unspecified atom stereocenters. The first kappa shape index (κ1) is 16.2. The Bertz CT molecular complexity index is 458. The number of phenolic OH excluding ortho intramolecular Hbond substituents is 1. The molecular formula is C13H21N2O2PS. The van der Waals surface area contributed by atoms with Crippen molar-refractivity contribution in [2.24, 2.45) is 5.10 Å². The second kappa shape index (κ2) is 7.04. The Morgan fingerprint density at radius 2 is 2.05 bits per heavy atom. The molecule has 0 heterocycles. The first-order valence-electron chi connectivity index (χ1n) is 6.09. The average molecular weight is 300 g/mol. The number of rotatable bonds is 6. The van der Waals surface area contributed by atoms with E-state index in [1.165, 1.54) is 0 Å². The minimum Gasteiger partial charge on any atom is -0.508 e. The van der Waals surface area contributed by atoms with E-state index >= 15 is 0 Å². The van der Waals surface area contributed by atoms with Gasteiger partial charge in [-0.1, -0.05) is 18.7 Å². The monoisotopic (exact) mass is 300 g/mol. The van der Waals surface area contributed by atoms with Crippen molar-refractivity contribution in [3.05, 3.63) is 29.8 Å². The van der Waals surface area contributed by atoms with Crippen molar-refractivity contribution in [2.75, 3.05) is 14.2 Å². The van der Waals surface area contributed by atoms with Crippen LogP contribution in [0.4, 0.5) is 0 Å². The van der Waals surface area contributed by atoms with Gasteiger partial charge in [0.25, 0.3) is 0 Å². The van der Waals surface area contributed by atoms with Crippen LogP contribution in [0.15, 0.2) is 29.4 Å². The van der Waals surface area contributed by atoms with Gasteiger partial charge in [-0.25, -0.2) is 0 Å². The molecule has 0 saturated heterocycles. The number of methoxy groups -OCH3 is 1. The Labute approximate surface area is 120 Å². The molecule has 0 aliphatic heterocycles. The molecule has 1 aromatic carbocycles. The van der Waals surface area contributed by atoms with Gasteiger partial charge in [0.1, 0.15) is 11.1 Å². The molecule has 0 bridgehead atoms. The third-order valence-corrected chi connectivity index (χ3v) is 7.40. The zero-order valence-corrected chi connectivity index (χ0v) is 13.6. The molecule has 0 aliphatic carbocycles. The van der Waals surface area contributed by atoms with Crippen LogP contribution in [-0.2, 0) is 16.5 Å². The smallest absolute Gasteiger partial charge is 0.115 e. The normalized spacial score (nSPS) is 16.2. The highest BCUT2D eigenvalue weighted by atomic mass is 32.4. The van der Waals surface area contributed by atoms with Gasteiger partial charge in [-0.2, -0.15) is 5.10 Å². The summed E-state index contributed by atoms with van der Waals surface area (Å²) in [5.41, 5.74) is 0.921. The van der Waals surface area contributed by atoms with Gasteiger partial charge in [0, 0.05) is 14.2 Å². The fourth-order valence-corrected chi connectivity index (χ4v) is 3.64. The molecule has 0 saturated carbocycles. The van der Waals surface area contributed by atoms with Crippen LogP contribution in [-0.4, -0.2) is 35.6 Å². The van der Waals surface area contributed by atoms with Crippen LogP contribution < -0.4 is 0 Å². The first-order chi connectivity index (χ1) is 8.92. The molecule has 0 radical (unpaired) electrons. The fraction of sp³-hybridized carbons (Fsp3) is 0.462. The van der Waals surface area contributed by atoms with Crippen LogP contribution in [0.5, 0.6) is 5.75 Å². The van der Waals surface area contributed by atoms with Crippen molar-refractivity contribution in [3.8, 4) is 5.75 Å². The number of hydrogen-bond donors (Lipinski definition) is 1. The molecule has 0 aliphatic rings. The lowest BCUT2D eigenvalue weighted by Crippen LogP contribution is -2.25. The Hall–Kier alpha value is -0.900. The number of ether oxygens (including phenoxy) is 1. The quantitative estimate of drug-likeness (QED) is 0.498. The summed E-state index contributed by atoms with van der Waals surface area (Å²) < 4.78 is 7.35. The van der Waals surface area contributed by atoms with Crippen LogP contribution in [0.3, 0.4) is 0 Å². The number of benzene rings is 1. The maximum Gasteiger partial charge on any atom is 0.115 e. The zero-order valence-electron chi connectivity index (χ0n) is 11.8. The van der Waals surface area contributed by atoms with Gasteiger partial charge < -0.3 is 9.84 Å². The molecule has 0 aromatic heterocycles. The summed E-state index contributed by atoms with van der Waals surface area (Å²) in [6, 6.07) is 6.87. The molecule has 6 heteroatoms. The summed E-state index contributed by atoms with van der Waals surface area (Å²) >= 11 is 5.58. The number of hydrogen-bond acceptors (Lipinski definition) is 4. The second-order valence-corrected chi connectivity index (χ2v) is 7.93. The highest BCUT2D eigenvalue weighted by Crippen LogP contribution is 2.44. The van der Waals surface area contributed by atoms with Gasteiger partial charge in [-0.3, -0.25) is 4.78 Å². The highest BCUT2D eigenvalue weighted by molar-refractivity contribution is 8.04. The number of phenols is 1. The Kier molecular flexibility index (Phi) is 5.98. The standard InChI is InChI=1S/C13H21N2O2PS/c1-5-13(2,17-4)18(19)15(3)14-10-11-6-8-12(16)9-7-11/h6-10,16,18H,5H2,1-4H3. The molecule has 106 valence electrons. The third kappa shape index (κ3) is 4.30. The lowest BCUT2D eigenvalue weighted by molar-refractivity contribution is 0.0764. The summed E-state index contributed by atoms with van der Waals surface area (Å²) in [6.07, 6.45) is 2.60. The summed E-state index contributed by atoms with van der Waals surface area (Å²) in [6.45, 7) is 2.76. The second-order valence-electron chi connectivity index (χ2n) is 4.45. The van der Waals surface area contributed by atoms with Crippen molar-refractivity contribution < 1.29 is 9.84 Å². The van der Waals surface area contributed by atoms with Crippen molar-refractivity contribution >= 4 is 24.9 Å². The first-order valence-corrected chi connectivity index (χ1v) is 8.67. The largest absolute Gasteiger partial charge is 0.508 e. The molecule has 2 atom stereocenters. The Morgan fingerprint density at radius 1 is 1.47 bits per heavy atom. The van der Waals surface area contributed by atoms with E-state index in [0.717, 1.165) is 12.0 Å². The Balaban J connectivity index is 2.76. The SMILES string of the molecule is CCC(C)(OC)[PH](=S)N(C)N=Cc1ccc(O)cc1. The predicted molar refractivity (Wildman–Crippen MR) is 84.8 cm³/mol. The van der Waals surface area contributed by atoms with Crippen molar-refractivity contribution in [2.45, 2.75) is 25.6 Å². The third-order valence-electron chi connectivity index (χ3n) is 3.14. The van der Waals surface area contributed by atoms with Crippen molar-refractivity contribution in [1.82, 2.24) is 4.78 Å². The lowest BCUT2D eigenvalue weighted by atomic mass is 10.2. The van der Waals surface area contributed by atoms with E-state index in [-0.39, 0.29) is 11.1 Å². The van der Waals surface area contributed by atoms with Gasteiger partial charge in [0.2, 0.25) is 0 Å². The molecule has 1 N–H and O–H groups in total. The summed E-state index contributed by atoms with van der Waals surface area (Å²) in [5.74, 6) is 0.247. The van der Waals surface area contributed by atoms with Gasteiger partial charge in [-0.05, 0) is 43.2 Å². The van der Waals surface area contributed by atoms with Gasteiger partial charge in [0.15, 0.2) is 0 Å². The van der Waals surface area contributed by atoms with Crippen LogP contribution in [0.2, 0.25) is 0 Å². The van der Waals surface area contributed by atoms with Gasteiger partial charge >= 0.3 is 0 Å². The highest BCUT2D eigenvalue weighted by Gasteiger charge is 2.27. The average Bonchev–Trinajstić information content (AvgIpc) is 2.44. The maximum atomic E-state index is 9.21. The molecule has 0 spiro atoms. The fourth-order valence-electron chi connectivity index (χ4n) is 1.49. The summed E-state index contributed by atoms with van der Waals surface area (Å²) in [4.78, 5) is 0. The van der Waals surface area contributed by atoms with E-state index < -0.39 is 6.85 Å². The zero-order chi connectivity index (χ0) is 14.5. The predicted octanol–water partition coefficient (Wildman–Crippen LogP) is 3.02. The van der Waals surface area contributed by atoms with Gasteiger partial charge in [0.05, 0.1) is 13.1 Å². The molecule has 1 rings (SSSR count). The molecule has 0 fully saturated rings. The summed E-state index contributed by atoms with van der Waals surface area (Å²) in [7, 11) is 3.57. The van der Waals surface area contributed by atoms with E-state index in [2.05, 4.69) is 12.0 Å². The maximum absolute atomic E-state index is 9.21. The van der Waals surface area contributed by atoms with Crippen LogP contribution in [0.1, 0.15) is 25.8 Å². The minimum atomic E-state index is -1.34. The number of aromatic hydroxyl groups is 1. The molecule has 19 heavy (non-hydrogen) atoms. The van der Waals surface area contributed by atoms with E-state index in [1.807, 2.05) is 18.8 Å². The molecule has 0 amide bonds. The van der Waals surface area contributed by atoms with E-state index in [9.17, 15) is 5.11 Å². The summed E-state index contributed by atoms with van der Waals surface area (Å²) in [5, 5.41) is 13.3. The van der Waals surface area contributed by atoms with E-state index in [1.54, 1.807) is 37.6 Å². The Morgan fingerprint density at radius 3 is 2.53 bits per heavy atom. The minimum absolute atomic E-state index is 0.247. The lowest BCUT2D eigenvalue weighted by Gasteiger charge is -2.32. The topological polar surface area (TPSA) is 45.1 Å². The van der Waals surface area contributed by atoms with Gasteiger partial charge in [-0.15, -0.1) is 0 Å². The van der Waals surface area contributed by atoms with E-state index in [4.69, 9.17) is 16.5 Å². The van der Waals surface area contributed by atoms with Crippen LogP contribution in [0.25, 0.3) is 0 Å². The van der Waals surface area contributed by atoms with Crippen LogP contribution >= 0.6 is 6.85 Å².